The molecule has 5 heterocycles. The minimum Gasteiger partial charge on any atom is -0.357 e. The molecule has 0 spiro atoms. The molecule has 3 atom stereocenters. The summed E-state index contributed by atoms with van der Waals surface area (Å²) in [4.78, 5) is 21.2. The van der Waals surface area contributed by atoms with Gasteiger partial charge in [-0.2, -0.15) is 4.98 Å². The number of halogens is 2. The molecule has 7 nitrogen and oxygen atoms in total. The van der Waals surface area contributed by atoms with Gasteiger partial charge < -0.3 is 15.1 Å². The summed E-state index contributed by atoms with van der Waals surface area (Å²) in [6.07, 6.45) is 11.9. The maximum Gasteiger partial charge on any atom is 0.228 e. The van der Waals surface area contributed by atoms with E-state index < -0.39 is 11.6 Å². The van der Waals surface area contributed by atoms with Crippen LogP contribution in [0.1, 0.15) is 31.2 Å². The Kier molecular flexibility index (Phi) is 6.48. The highest BCUT2D eigenvalue weighted by Gasteiger charge is 2.38. The van der Waals surface area contributed by atoms with Crippen molar-refractivity contribution in [2.24, 2.45) is 0 Å². The van der Waals surface area contributed by atoms with E-state index in [4.69, 9.17) is 16.4 Å². The average Bonchev–Trinajstić information content (AvgIpc) is 3.55. The van der Waals surface area contributed by atoms with Gasteiger partial charge in [0.05, 0.1) is 10.9 Å². The molecule has 3 aliphatic rings. The van der Waals surface area contributed by atoms with Gasteiger partial charge in [-0.25, -0.2) is 13.8 Å². The van der Waals surface area contributed by atoms with Gasteiger partial charge in [0.15, 0.2) is 5.82 Å². The Morgan fingerprint density at radius 1 is 1.10 bits per heavy atom. The summed E-state index contributed by atoms with van der Waals surface area (Å²) < 4.78 is 31.4. The first-order valence-electron chi connectivity index (χ1n) is 14.4. The number of nitrogens with zero attached hydrogens (tertiary/aromatic N) is 6. The standard InChI is InChI=1S/C32H33F2N7/c1-4-23-26(33)13-10-19-7-5-9-24(27(19)23)29-28(34)30-25(15-36-29)31(39(2)16-20-8-6-14-35-20)38-32(37-30)41-17-21-11-12-22(18-41)40(21)3/h1,5,7,9-10,13,15,20-22,35H,6,8,11-12,14,16-18H2,2-3H3/t20-,21?,22?/m1/s1. The number of terminal acetylenes is 1. The lowest BCUT2D eigenvalue weighted by molar-refractivity contribution is 0.211. The van der Waals surface area contributed by atoms with Crippen LogP contribution >= 0.6 is 0 Å². The first-order chi connectivity index (χ1) is 19.9. The number of fused-ring (bicyclic) bond motifs is 4. The maximum absolute atomic E-state index is 16.7. The molecule has 3 fully saturated rings. The average molecular weight is 554 g/mol. The molecular weight excluding hydrogens is 520 g/mol. The van der Waals surface area contributed by atoms with E-state index in [1.165, 1.54) is 6.07 Å². The number of benzene rings is 2. The summed E-state index contributed by atoms with van der Waals surface area (Å²) in [7, 11) is 4.18. The number of hydrogen-bond acceptors (Lipinski definition) is 7. The van der Waals surface area contributed by atoms with Gasteiger partial charge in [-0.1, -0.05) is 30.2 Å². The van der Waals surface area contributed by atoms with E-state index in [1.807, 2.05) is 13.1 Å². The molecule has 3 saturated heterocycles. The maximum atomic E-state index is 16.7. The number of aromatic nitrogens is 3. The first kappa shape index (κ1) is 26.1. The van der Waals surface area contributed by atoms with Gasteiger partial charge in [-0.05, 0) is 50.7 Å². The van der Waals surface area contributed by atoms with Gasteiger partial charge in [0.2, 0.25) is 5.95 Å². The van der Waals surface area contributed by atoms with Crippen LogP contribution in [0, 0.1) is 24.0 Å². The summed E-state index contributed by atoms with van der Waals surface area (Å²) in [5.74, 6) is 2.58. The lowest BCUT2D eigenvalue weighted by Gasteiger charge is -2.39. The van der Waals surface area contributed by atoms with E-state index in [2.05, 4.69) is 38.0 Å². The molecule has 7 rings (SSSR count). The van der Waals surface area contributed by atoms with Crippen LogP contribution in [0.5, 0.6) is 0 Å². The van der Waals surface area contributed by atoms with Crippen molar-refractivity contribution in [3.63, 3.8) is 0 Å². The monoisotopic (exact) mass is 553 g/mol. The van der Waals surface area contributed by atoms with Crippen LogP contribution in [0.2, 0.25) is 0 Å². The van der Waals surface area contributed by atoms with E-state index in [1.54, 1.807) is 24.4 Å². The van der Waals surface area contributed by atoms with Crippen molar-refractivity contribution in [2.75, 3.05) is 50.1 Å². The third-order valence-corrected chi connectivity index (χ3v) is 9.19. The van der Waals surface area contributed by atoms with Gasteiger partial charge in [0.1, 0.15) is 22.8 Å². The van der Waals surface area contributed by atoms with Crippen molar-refractivity contribution in [3.8, 4) is 23.6 Å². The quantitative estimate of drug-likeness (QED) is 0.363. The van der Waals surface area contributed by atoms with Crippen molar-refractivity contribution in [1.82, 2.24) is 25.2 Å². The molecular formula is C32H33F2N7. The van der Waals surface area contributed by atoms with E-state index in [-0.39, 0.29) is 16.8 Å². The number of nitrogens with one attached hydrogen (secondary N) is 1. The third kappa shape index (κ3) is 4.37. The Balaban J connectivity index is 1.40. The molecule has 9 heteroatoms. The highest BCUT2D eigenvalue weighted by Crippen LogP contribution is 2.37. The van der Waals surface area contributed by atoms with Crippen molar-refractivity contribution in [2.45, 2.75) is 43.8 Å². The predicted octanol–water partition coefficient (Wildman–Crippen LogP) is 4.58. The zero-order valence-corrected chi connectivity index (χ0v) is 23.4. The Labute approximate surface area is 238 Å². The van der Waals surface area contributed by atoms with Gasteiger partial charge in [0.25, 0.3) is 0 Å². The molecule has 2 aromatic heterocycles. The topological polar surface area (TPSA) is 60.4 Å². The van der Waals surface area contributed by atoms with Crippen LogP contribution in [0.15, 0.2) is 36.5 Å². The SMILES string of the molecule is C#Cc1c(F)ccc2cccc(-c3ncc4c(N(C)C[C@H]5CCCN5)nc(N5CC6CCC(C5)N6C)nc4c3F)c12. The van der Waals surface area contributed by atoms with Crippen LogP contribution in [0.4, 0.5) is 20.5 Å². The van der Waals surface area contributed by atoms with Crippen molar-refractivity contribution < 1.29 is 8.78 Å². The van der Waals surface area contributed by atoms with E-state index in [0.717, 1.165) is 57.2 Å². The summed E-state index contributed by atoms with van der Waals surface area (Å²) in [6.45, 7) is 3.36. The molecule has 0 aliphatic carbocycles. The Bertz CT molecular complexity index is 1680. The van der Waals surface area contributed by atoms with Crippen LogP contribution in [-0.2, 0) is 0 Å². The molecule has 41 heavy (non-hydrogen) atoms. The number of hydrogen-bond donors (Lipinski definition) is 1. The molecule has 210 valence electrons. The van der Waals surface area contributed by atoms with Crippen molar-refractivity contribution >= 4 is 33.4 Å². The second kappa shape index (κ2) is 10.2. The third-order valence-electron chi connectivity index (χ3n) is 9.19. The van der Waals surface area contributed by atoms with Crippen molar-refractivity contribution in [1.29, 1.82) is 0 Å². The lowest BCUT2D eigenvalue weighted by Crippen LogP contribution is -2.52. The number of piperazine rings is 1. The van der Waals surface area contributed by atoms with Gasteiger partial charge in [0, 0.05) is 62.0 Å². The van der Waals surface area contributed by atoms with Crippen molar-refractivity contribution in [3.05, 3.63) is 53.7 Å². The molecule has 3 aliphatic heterocycles. The van der Waals surface area contributed by atoms with E-state index >= 15 is 4.39 Å². The molecule has 0 amide bonds. The lowest BCUT2D eigenvalue weighted by atomic mass is 9.96. The fraction of sp³-hybridized carbons (Fsp3) is 0.406. The second-order valence-electron chi connectivity index (χ2n) is 11.6. The van der Waals surface area contributed by atoms with E-state index in [9.17, 15) is 4.39 Å². The number of rotatable bonds is 5. The summed E-state index contributed by atoms with van der Waals surface area (Å²) in [6, 6.07) is 9.58. The summed E-state index contributed by atoms with van der Waals surface area (Å²) >= 11 is 0. The minimum atomic E-state index is -0.559. The molecule has 0 radical (unpaired) electrons. The Morgan fingerprint density at radius 3 is 2.63 bits per heavy atom. The molecule has 2 bridgehead atoms. The summed E-state index contributed by atoms with van der Waals surface area (Å²) in [5, 5.41) is 5.29. The zero-order chi connectivity index (χ0) is 28.2. The normalized spacial score (nSPS) is 22.5. The fourth-order valence-electron chi connectivity index (χ4n) is 6.95. The zero-order valence-electron chi connectivity index (χ0n) is 23.4. The largest absolute Gasteiger partial charge is 0.357 e. The van der Waals surface area contributed by atoms with Crippen LogP contribution in [0.25, 0.3) is 32.9 Å². The Morgan fingerprint density at radius 2 is 1.90 bits per heavy atom. The van der Waals surface area contributed by atoms with Crippen LogP contribution in [0.3, 0.4) is 0 Å². The number of pyridine rings is 1. The van der Waals surface area contributed by atoms with Crippen LogP contribution in [-0.4, -0.2) is 78.3 Å². The van der Waals surface area contributed by atoms with E-state index in [0.29, 0.717) is 46.2 Å². The predicted molar refractivity (Wildman–Crippen MR) is 159 cm³/mol. The molecule has 4 aromatic rings. The number of likely N-dealkylation sites (N-methyl/N-ethyl adjacent to an activating group) is 2. The fourth-order valence-corrected chi connectivity index (χ4v) is 6.95. The highest BCUT2D eigenvalue weighted by atomic mass is 19.1. The smallest absolute Gasteiger partial charge is 0.228 e. The van der Waals surface area contributed by atoms with Crippen LogP contribution < -0.4 is 15.1 Å². The first-order valence-corrected chi connectivity index (χ1v) is 14.4. The molecule has 1 N–H and O–H groups in total. The van der Waals surface area contributed by atoms with Gasteiger partial charge in [-0.3, -0.25) is 9.88 Å². The Hall–Kier alpha value is -3.87. The summed E-state index contributed by atoms with van der Waals surface area (Å²) in [5.41, 5.74) is 0.847. The minimum absolute atomic E-state index is 0.0966. The van der Waals surface area contributed by atoms with Gasteiger partial charge in [-0.15, -0.1) is 6.42 Å². The number of anilines is 2. The molecule has 2 unspecified atom stereocenters. The molecule has 2 aromatic carbocycles. The molecule has 0 saturated carbocycles. The highest BCUT2D eigenvalue weighted by molar-refractivity contribution is 6.02. The second-order valence-corrected chi connectivity index (χ2v) is 11.6. The van der Waals surface area contributed by atoms with Gasteiger partial charge >= 0.3 is 0 Å².